The maximum Gasteiger partial charge on any atom is 0.117 e. The van der Waals surface area contributed by atoms with Crippen molar-refractivity contribution in [3.63, 3.8) is 0 Å². The fourth-order valence-corrected chi connectivity index (χ4v) is 1.82. The average molecular weight is 150 g/mol. The zero-order valence-corrected chi connectivity index (χ0v) is 7.18. The van der Waals surface area contributed by atoms with Crippen molar-refractivity contribution in [2.45, 2.75) is 44.3 Å². The summed E-state index contributed by atoms with van der Waals surface area (Å²) in [6.07, 6.45) is 6.96. The number of hydrogen-bond acceptors (Lipinski definition) is 1. The van der Waals surface area contributed by atoms with Gasteiger partial charge in [0, 0.05) is 0 Å². The molecule has 0 spiro atoms. The van der Waals surface area contributed by atoms with Crippen molar-refractivity contribution >= 4 is 14.1 Å². The first-order chi connectivity index (χ1) is 5.17. The van der Waals surface area contributed by atoms with Crippen LogP contribution in [0.15, 0.2) is 0 Å². The van der Waals surface area contributed by atoms with Crippen LogP contribution in [0.1, 0.15) is 39.0 Å². The molecule has 0 bridgehead atoms. The van der Waals surface area contributed by atoms with E-state index in [1.807, 2.05) is 6.92 Å². The molecule has 60 valence electrons. The first-order valence-electron chi connectivity index (χ1n) is 4.42. The number of carbonyl (C=O) groups excluding carboxylic acids is 1. The van der Waals surface area contributed by atoms with Gasteiger partial charge in [-0.2, -0.15) is 0 Å². The van der Waals surface area contributed by atoms with Gasteiger partial charge in [-0.25, -0.2) is 0 Å². The molecule has 0 heterocycles. The van der Waals surface area contributed by atoms with Crippen molar-refractivity contribution in [2.24, 2.45) is 5.92 Å². The van der Waals surface area contributed by atoms with Gasteiger partial charge in [-0.1, -0.05) is 39.0 Å². The Labute approximate surface area is 70.0 Å². The van der Waals surface area contributed by atoms with Crippen molar-refractivity contribution in [1.29, 1.82) is 0 Å². The molecule has 1 saturated carbocycles. The zero-order valence-electron chi connectivity index (χ0n) is 7.18. The second-order valence-corrected chi connectivity index (χ2v) is 3.82. The standard InChI is InChI=1S/C9H15BO/c1-9(10,7-11)8-5-3-2-4-6-8/h7-8H,2-6H2,1H3. The van der Waals surface area contributed by atoms with Crippen molar-refractivity contribution in [1.82, 2.24) is 0 Å². The van der Waals surface area contributed by atoms with Crippen LogP contribution in [0.3, 0.4) is 0 Å². The highest BCUT2D eigenvalue weighted by molar-refractivity contribution is 6.23. The van der Waals surface area contributed by atoms with E-state index in [9.17, 15) is 4.79 Å². The summed E-state index contributed by atoms with van der Waals surface area (Å²) in [6.45, 7) is 1.84. The van der Waals surface area contributed by atoms with Gasteiger partial charge < -0.3 is 4.79 Å². The molecule has 11 heavy (non-hydrogen) atoms. The largest absolute Gasteiger partial charge is 0.304 e. The van der Waals surface area contributed by atoms with Crippen molar-refractivity contribution in [3.8, 4) is 0 Å². The predicted octanol–water partition coefficient (Wildman–Crippen LogP) is 2.11. The number of carbonyl (C=O) groups is 1. The molecular formula is C9H15BO. The minimum atomic E-state index is -0.569. The van der Waals surface area contributed by atoms with Crippen LogP contribution in [-0.2, 0) is 4.79 Å². The highest BCUT2D eigenvalue weighted by Crippen LogP contribution is 2.39. The van der Waals surface area contributed by atoms with E-state index in [4.69, 9.17) is 7.85 Å². The second-order valence-electron chi connectivity index (χ2n) is 3.82. The third-order valence-electron chi connectivity index (χ3n) is 2.74. The van der Waals surface area contributed by atoms with Crippen LogP contribution >= 0.6 is 0 Å². The SMILES string of the molecule is [B]C(C)(C=O)C1CCCCC1. The fraction of sp³-hybridized carbons (Fsp3) is 0.889. The Hall–Kier alpha value is -0.265. The quantitative estimate of drug-likeness (QED) is 0.435. The molecule has 0 N–H and O–H groups in total. The molecular weight excluding hydrogens is 135 g/mol. The molecule has 0 aliphatic heterocycles. The van der Waals surface area contributed by atoms with Crippen LogP contribution < -0.4 is 0 Å². The maximum atomic E-state index is 10.6. The van der Waals surface area contributed by atoms with Gasteiger partial charge in [-0.05, 0) is 11.2 Å². The topological polar surface area (TPSA) is 17.1 Å². The van der Waals surface area contributed by atoms with Crippen LogP contribution in [0, 0.1) is 5.92 Å². The van der Waals surface area contributed by atoms with Gasteiger partial charge in [-0.3, -0.25) is 0 Å². The minimum absolute atomic E-state index is 0.425. The van der Waals surface area contributed by atoms with Crippen LogP contribution in [0.4, 0.5) is 0 Å². The Balaban J connectivity index is 2.50. The number of rotatable bonds is 2. The minimum Gasteiger partial charge on any atom is -0.304 e. The van der Waals surface area contributed by atoms with Gasteiger partial charge in [0.05, 0.1) is 7.85 Å². The summed E-state index contributed by atoms with van der Waals surface area (Å²) >= 11 is 0. The second kappa shape index (κ2) is 3.42. The van der Waals surface area contributed by atoms with Crippen molar-refractivity contribution in [2.75, 3.05) is 0 Å². The lowest BCUT2D eigenvalue weighted by Crippen LogP contribution is -2.24. The predicted molar refractivity (Wildman–Crippen MR) is 46.8 cm³/mol. The van der Waals surface area contributed by atoms with E-state index in [0.29, 0.717) is 5.92 Å². The van der Waals surface area contributed by atoms with Crippen molar-refractivity contribution in [3.05, 3.63) is 0 Å². The molecule has 0 amide bonds. The van der Waals surface area contributed by atoms with E-state index in [-0.39, 0.29) is 0 Å². The highest BCUT2D eigenvalue weighted by atomic mass is 16.1. The summed E-state index contributed by atoms with van der Waals surface area (Å²) in [5.41, 5.74) is 0. The normalized spacial score (nSPS) is 25.9. The molecule has 1 fully saturated rings. The van der Waals surface area contributed by atoms with E-state index in [2.05, 4.69) is 0 Å². The van der Waals surface area contributed by atoms with Crippen LogP contribution in [0.2, 0.25) is 5.31 Å². The molecule has 0 aromatic carbocycles. The van der Waals surface area contributed by atoms with E-state index in [1.54, 1.807) is 0 Å². The molecule has 1 aliphatic carbocycles. The number of aldehydes is 1. The highest BCUT2D eigenvalue weighted by Gasteiger charge is 2.29. The van der Waals surface area contributed by atoms with Gasteiger partial charge in [-0.15, -0.1) is 0 Å². The molecule has 1 unspecified atom stereocenters. The lowest BCUT2D eigenvalue weighted by Gasteiger charge is -2.32. The van der Waals surface area contributed by atoms with Crippen LogP contribution in [0.5, 0.6) is 0 Å². The zero-order chi connectivity index (χ0) is 8.32. The molecule has 0 saturated heterocycles. The van der Waals surface area contributed by atoms with Gasteiger partial charge in [0.25, 0.3) is 0 Å². The Morgan fingerprint density at radius 1 is 1.36 bits per heavy atom. The van der Waals surface area contributed by atoms with Gasteiger partial charge in [0.15, 0.2) is 0 Å². The monoisotopic (exact) mass is 150 g/mol. The number of hydrogen-bond donors (Lipinski definition) is 0. The van der Waals surface area contributed by atoms with E-state index in [0.717, 1.165) is 19.1 Å². The summed E-state index contributed by atoms with van der Waals surface area (Å²) in [5, 5.41) is -0.569. The van der Waals surface area contributed by atoms with Gasteiger partial charge >= 0.3 is 0 Å². The molecule has 0 aromatic heterocycles. The first-order valence-corrected chi connectivity index (χ1v) is 4.42. The summed E-state index contributed by atoms with van der Waals surface area (Å²) in [4.78, 5) is 10.6. The molecule has 1 atom stereocenters. The summed E-state index contributed by atoms with van der Waals surface area (Å²) in [7, 11) is 5.82. The molecule has 2 heteroatoms. The van der Waals surface area contributed by atoms with Crippen LogP contribution in [0.25, 0.3) is 0 Å². The van der Waals surface area contributed by atoms with Crippen molar-refractivity contribution < 1.29 is 4.79 Å². The Morgan fingerprint density at radius 2 is 1.91 bits per heavy atom. The third kappa shape index (κ3) is 2.08. The molecule has 1 aliphatic rings. The average Bonchev–Trinajstić information content (AvgIpc) is 2.06. The summed E-state index contributed by atoms with van der Waals surface area (Å²) in [5.74, 6) is 0.425. The Morgan fingerprint density at radius 3 is 2.36 bits per heavy atom. The molecule has 1 rings (SSSR count). The Bertz CT molecular complexity index is 136. The molecule has 0 aromatic rings. The van der Waals surface area contributed by atoms with Gasteiger partial charge in [0.1, 0.15) is 6.29 Å². The lowest BCUT2D eigenvalue weighted by molar-refractivity contribution is -0.111. The Kier molecular flexibility index (Phi) is 2.75. The lowest BCUT2D eigenvalue weighted by atomic mass is 9.59. The first kappa shape index (κ1) is 8.83. The van der Waals surface area contributed by atoms with Crippen LogP contribution in [-0.4, -0.2) is 14.1 Å². The third-order valence-corrected chi connectivity index (χ3v) is 2.74. The van der Waals surface area contributed by atoms with E-state index in [1.165, 1.54) is 19.3 Å². The molecule has 1 nitrogen and oxygen atoms in total. The summed E-state index contributed by atoms with van der Waals surface area (Å²) in [6, 6.07) is 0. The molecule has 2 radical (unpaired) electrons. The van der Waals surface area contributed by atoms with E-state index < -0.39 is 5.31 Å². The summed E-state index contributed by atoms with van der Waals surface area (Å²) < 4.78 is 0. The van der Waals surface area contributed by atoms with Gasteiger partial charge in [0.2, 0.25) is 0 Å². The maximum absolute atomic E-state index is 10.6. The van der Waals surface area contributed by atoms with E-state index >= 15 is 0 Å². The fourth-order valence-electron chi connectivity index (χ4n) is 1.82. The smallest absolute Gasteiger partial charge is 0.117 e.